The van der Waals surface area contributed by atoms with Crippen molar-refractivity contribution >= 4 is 5.91 Å². The second-order valence-corrected chi connectivity index (χ2v) is 7.01. The summed E-state index contributed by atoms with van der Waals surface area (Å²) in [4.78, 5) is 12.0. The highest BCUT2D eigenvalue weighted by Crippen LogP contribution is 2.37. The second kappa shape index (κ2) is 6.25. The molecule has 2 aliphatic carbocycles. The van der Waals surface area contributed by atoms with E-state index in [1.165, 1.54) is 32.1 Å². The zero-order chi connectivity index (χ0) is 13.9. The van der Waals surface area contributed by atoms with Gasteiger partial charge in [-0.25, -0.2) is 0 Å². The molecule has 0 radical (unpaired) electrons. The fourth-order valence-electron chi connectivity index (χ4n) is 3.90. The van der Waals surface area contributed by atoms with Crippen LogP contribution in [0.2, 0.25) is 0 Å². The van der Waals surface area contributed by atoms with Crippen molar-refractivity contribution in [2.75, 3.05) is 0 Å². The van der Waals surface area contributed by atoms with Gasteiger partial charge in [0.1, 0.15) is 0 Å². The van der Waals surface area contributed by atoms with Gasteiger partial charge in [0.2, 0.25) is 5.91 Å². The zero-order valence-corrected chi connectivity index (χ0v) is 12.6. The van der Waals surface area contributed by atoms with Gasteiger partial charge in [-0.05, 0) is 50.4 Å². The highest BCUT2D eigenvalue weighted by atomic mass is 16.1. The lowest BCUT2D eigenvalue weighted by Crippen LogP contribution is -2.60. The third-order valence-corrected chi connectivity index (χ3v) is 5.38. The number of carbonyl (C=O) groups excluding carboxylic acids is 1. The van der Waals surface area contributed by atoms with Gasteiger partial charge < -0.3 is 11.1 Å². The van der Waals surface area contributed by atoms with Gasteiger partial charge in [-0.3, -0.25) is 4.79 Å². The van der Waals surface area contributed by atoms with Gasteiger partial charge in [0.15, 0.2) is 0 Å². The summed E-state index contributed by atoms with van der Waals surface area (Å²) in [5.74, 6) is 1.36. The molecule has 1 amide bonds. The Morgan fingerprint density at radius 3 is 2.16 bits per heavy atom. The molecular formula is C16H30N2O. The zero-order valence-electron chi connectivity index (χ0n) is 12.6. The molecular weight excluding hydrogens is 236 g/mol. The van der Waals surface area contributed by atoms with Crippen molar-refractivity contribution in [3.63, 3.8) is 0 Å². The smallest absolute Gasteiger partial charge is 0.237 e. The summed E-state index contributed by atoms with van der Waals surface area (Å²) in [6.45, 7) is 4.58. The molecule has 0 spiro atoms. The Morgan fingerprint density at radius 1 is 1.11 bits per heavy atom. The van der Waals surface area contributed by atoms with Crippen LogP contribution in [0.15, 0.2) is 0 Å². The van der Waals surface area contributed by atoms with E-state index in [1.807, 2.05) is 0 Å². The van der Waals surface area contributed by atoms with Crippen LogP contribution in [-0.2, 0) is 4.79 Å². The lowest BCUT2D eigenvalue weighted by atomic mass is 9.72. The van der Waals surface area contributed by atoms with Gasteiger partial charge >= 0.3 is 0 Å². The number of rotatable bonds is 4. The molecule has 2 saturated carbocycles. The fourth-order valence-corrected chi connectivity index (χ4v) is 3.90. The molecule has 110 valence electrons. The lowest BCUT2D eigenvalue weighted by Gasteiger charge is -2.42. The molecule has 0 aliphatic heterocycles. The molecule has 0 heterocycles. The molecule has 0 atom stereocenters. The van der Waals surface area contributed by atoms with Gasteiger partial charge in [-0.15, -0.1) is 0 Å². The van der Waals surface area contributed by atoms with Crippen LogP contribution in [-0.4, -0.2) is 17.5 Å². The minimum absolute atomic E-state index is 0.125. The van der Waals surface area contributed by atoms with Crippen LogP contribution in [0.1, 0.15) is 71.6 Å². The van der Waals surface area contributed by atoms with E-state index in [2.05, 4.69) is 19.2 Å². The van der Waals surface area contributed by atoms with Crippen molar-refractivity contribution in [3.8, 4) is 0 Å². The van der Waals surface area contributed by atoms with E-state index >= 15 is 0 Å². The number of nitrogens with two attached hydrogens (primary N) is 1. The van der Waals surface area contributed by atoms with Gasteiger partial charge in [-0.2, -0.15) is 0 Å². The van der Waals surface area contributed by atoms with Crippen molar-refractivity contribution in [3.05, 3.63) is 0 Å². The first-order valence-electron chi connectivity index (χ1n) is 8.11. The molecule has 0 unspecified atom stereocenters. The molecule has 0 aromatic heterocycles. The summed E-state index contributed by atoms with van der Waals surface area (Å²) in [5.41, 5.74) is 5.33. The van der Waals surface area contributed by atoms with Crippen molar-refractivity contribution in [2.45, 2.75) is 83.2 Å². The summed E-state index contributed by atoms with van der Waals surface area (Å²) in [6, 6.07) is 0.511. The predicted octanol–water partition coefficient (Wildman–Crippen LogP) is 2.98. The van der Waals surface area contributed by atoms with Crippen LogP contribution in [0.3, 0.4) is 0 Å². The first kappa shape index (κ1) is 14.8. The lowest BCUT2D eigenvalue weighted by molar-refractivity contribution is -0.126. The minimum atomic E-state index is -0.409. The average molecular weight is 266 g/mol. The van der Waals surface area contributed by atoms with E-state index in [9.17, 15) is 4.79 Å². The van der Waals surface area contributed by atoms with Crippen LogP contribution in [0.25, 0.3) is 0 Å². The van der Waals surface area contributed by atoms with Crippen molar-refractivity contribution < 1.29 is 4.79 Å². The monoisotopic (exact) mass is 266 g/mol. The van der Waals surface area contributed by atoms with Gasteiger partial charge in [0, 0.05) is 6.04 Å². The topological polar surface area (TPSA) is 55.1 Å². The van der Waals surface area contributed by atoms with Crippen LogP contribution in [0.5, 0.6) is 0 Å². The number of hydrogen-bond acceptors (Lipinski definition) is 2. The molecule has 3 nitrogen and oxygen atoms in total. The predicted molar refractivity (Wildman–Crippen MR) is 78.7 cm³/mol. The Bertz CT molecular complexity index is 300. The van der Waals surface area contributed by atoms with E-state index in [0.29, 0.717) is 6.04 Å². The van der Waals surface area contributed by atoms with E-state index in [0.717, 1.165) is 37.5 Å². The molecule has 19 heavy (non-hydrogen) atoms. The average Bonchev–Trinajstić information content (AvgIpc) is 2.40. The Labute approximate surface area is 117 Å². The molecule has 0 bridgehead atoms. The summed E-state index contributed by atoms with van der Waals surface area (Å²) < 4.78 is 0. The molecule has 3 heteroatoms. The number of nitrogens with one attached hydrogen (secondary N) is 1. The largest absolute Gasteiger partial charge is 0.368 e. The summed E-state index contributed by atoms with van der Waals surface area (Å²) in [7, 11) is 0. The van der Waals surface area contributed by atoms with Crippen molar-refractivity contribution in [1.29, 1.82) is 0 Å². The maximum absolute atomic E-state index is 12.0. The Balaban J connectivity index is 1.97. The number of amides is 1. The standard InChI is InChI=1S/C16H30N2O/c1-12(2)13-8-10-16(11-9-13,15(17)19)18-14-6-4-3-5-7-14/h12-14,18H,3-11H2,1-2H3,(H2,17,19). The number of primary amides is 1. The molecule has 0 aromatic rings. The van der Waals surface area contributed by atoms with Crippen molar-refractivity contribution in [1.82, 2.24) is 5.32 Å². The van der Waals surface area contributed by atoms with Crippen molar-refractivity contribution in [2.24, 2.45) is 17.6 Å². The van der Waals surface area contributed by atoms with Crippen LogP contribution >= 0.6 is 0 Å². The minimum Gasteiger partial charge on any atom is -0.368 e. The van der Waals surface area contributed by atoms with Gasteiger partial charge in [-0.1, -0.05) is 33.1 Å². The Hall–Kier alpha value is -0.570. The van der Waals surface area contributed by atoms with Crippen LogP contribution in [0, 0.1) is 11.8 Å². The highest BCUT2D eigenvalue weighted by Gasteiger charge is 2.42. The van der Waals surface area contributed by atoms with Crippen LogP contribution in [0.4, 0.5) is 0 Å². The molecule has 2 aliphatic rings. The Morgan fingerprint density at radius 2 is 1.68 bits per heavy atom. The molecule has 3 N–H and O–H groups in total. The molecule has 0 aromatic carbocycles. The SMILES string of the molecule is CC(C)C1CCC(NC2CCCCC2)(C(N)=O)CC1. The maximum Gasteiger partial charge on any atom is 0.237 e. The normalized spacial score (nSPS) is 33.5. The van der Waals surface area contributed by atoms with Crippen LogP contribution < -0.4 is 11.1 Å². The highest BCUT2D eigenvalue weighted by molar-refractivity contribution is 5.84. The summed E-state index contributed by atoms with van der Waals surface area (Å²) in [6.07, 6.45) is 10.5. The molecule has 0 saturated heterocycles. The summed E-state index contributed by atoms with van der Waals surface area (Å²) >= 11 is 0. The van der Waals surface area contributed by atoms with Gasteiger partial charge in [0.25, 0.3) is 0 Å². The first-order chi connectivity index (χ1) is 9.03. The molecule has 2 fully saturated rings. The summed E-state index contributed by atoms with van der Waals surface area (Å²) in [5, 5.41) is 3.66. The number of hydrogen-bond donors (Lipinski definition) is 2. The van der Waals surface area contributed by atoms with E-state index in [-0.39, 0.29) is 5.91 Å². The Kier molecular flexibility index (Phi) is 4.88. The van der Waals surface area contributed by atoms with E-state index in [1.54, 1.807) is 0 Å². The number of carbonyl (C=O) groups is 1. The second-order valence-electron chi connectivity index (χ2n) is 7.01. The quantitative estimate of drug-likeness (QED) is 0.822. The third-order valence-electron chi connectivity index (χ3n) is 5.38. The van der Waals surface area contributed by atoms with E-state index < -0.39 is 5.54 Å². The van der Waals surface area contributed by atoms with Gasteiger partial charge in [0.05, 0.1) is 5.54 Å². The maximum atomic E-state index is 12.0. The fraction of sp³-hybridized carbons (Fsp3) is 0.938. The van der Waals surface area contributed by atoms with E-state index in [4.69, 9.17) is 5.73 Å². The third kappa shape index (κ3) is 3.50. The first-order valence-corrected chi connectivity index (χ1v) is 8.11. The molecule has 2 rings (SSSR count).